The van der Waals surface area contributed by atoms with Crippen LogP contribution in [0.5, 0.6) is 0 Å². The number of rotatable bonds is 1. The summed E-state index contributed by atoms with van der Waals surface area (Å²) in [6.07, 6.45) is 3.69. The molecule has 1 aliphatic carbocycles. The molecule has 0 amide bonds. The summed E-state index contributed by atoms with van der Waals surface area (Å²) in [5.74, 6) is 0. The Hall–Kier alpha value is -1.60. The standard InChI is InChI=1S/C12H14ClN5O2/c1-16-8-6-14-10(13)15-9(8)18(11(16)19)17-4-5-20-12(7-17)2-3-12/h6H,2-5,7H2,1H3. The average molecular weight is 296 g/mol. The van der Waals surface area contributed by atoms with Crippen molar-refractivity contribution in [3.8, 4) is 0 Å². The maximum absolute atomic E-state index is 12.5. The number of ether oxygens (including phenoxy) is 1. The van der Waals surface area contributed by atoms with E-state index >= 15 is 0 Å². The van der Waals surface area contributed by atoms with Crippen LogP contribution in [0, 0.1) is 0 Å². The Kier molecular flexibility index (Phi) is 2.41. The summed E-state index contributed by atoms with van der Waals surface area (Å²) >= 11 is 5.87. The molecule has 3 heterocycles. The van der Waals surface area contributed by atoms with Gasteiger partial charge in [-0.05, 0) is 24.4 Å². The fourth-order valence-electron chi connectivity index (χ4n) is 2.77. The maximum atomic E-state index is 12.5. The van der Waals surface area contributed by atoms with E-state index < -0.39 is 0 Å². The van der Waals surface area contributed by atoms with E-state index in [2.05, 4.69) is 9.97 Å². The van der Waals surface area contributed by atoms with Gasteiger partial charge in [-0.1, -0.05) is 0 Å². The molecule has 1 spiro atoms. The van der Waals surface area contributed by atoms with Crippen LogP contribution in [-0.4, -0.2) is 44.5 Å². The first-order valence-electron chi connectivity index (χ1n) is 6.59. The highest BCUT2D eigenvalue weighted by atomic mass is 35.5. The second kappa shape index (κ2) is 3.95. The van der Waals surface area contributed by atoms with Gasteiger partial charge in [-0.2, -0.15) is 9.66 Å². The van der Waals surface area contributed by atoms with Crippen molar-refractivity contribution >= 4 is 22.8 Å². The van der Waals surface area contributed by atoms with Gasteiger partial charge in [0.2, 0.25) is 5.28 Å². The van der Waals surface area contributed by atoms with Gasteiger partial charge in [-0.25, -0.2) is 9.78 Å². The molecule has 8 heteroatoms. The molecule has 0 bridgehead atoms. The number of hydrogen-bond acceptors (Lipinski definition) is 5. The van der Waals surface area contributed by atoms with E-state index in [1.165, 1.54) is 0 Å². The number of aryl methyl sites for hydroxylation is 1. The first kappa shape index (κ1) is 12.2. The topological polar surface area (TPSA) is 65.2 Å². The summed E-state index contributed by atoms with van der Waals surface area (Å²) in [4.78, 5) is 20.6. The predicted octanol–water partition coefficient (Wildman–Crippen LogP) is 0.284. The van der Waals surface area contributed by atoms with Crippen molar-refractivity contribution in [3.63, 3.8) is 0 Å². The van der Waals surface area contributed by atoms with Crippen LogP contribution in [0.25, 0.3) is 11.2 Å². The quantitative estimate of drug-likeness (QED) is 0.707. The first-order valence-corrected chi connectivity index (χ1v) is 6.97. The molecule has 0 atom stereocenters. The number of aromatic nitrogens is 4. The third kappa shape index (κ3) is 1.66. The van der Waals surface area contributed by atoms with Crippen LogP contribution in [0.15, 0.2) is 11.0 Å². The number of halogens is 1. The zero-order chi connectivity index (χ0) is 13.9. The van der Waals surface area contributed by atoms with Crippen LogP contribution in [0.4, 0.5) is 0 Å². The predicted molar refractivity (Wildman–Crippen MR) is 73.6 cm³/mol. The first-order chi connectivity index (χ1) is 9.60. The van der Waals surface area contributed by atoms with Crippen LogP contribution in [0.3, 0.4) is 0 Å². The Morgan fingerprint density at radius 2 is 2.25 bits per heavy atom. The van der Waals surface area contributed by atoms with Crippen molar-refractivity contribution in [2.75, 3.05) is 24.7 Å². The molecule has 0 unspecified atom stereocenters. The van der Waals surface area contributed by atoms with Gasteiger partial charge in [0.25, 0.3) is 0 Å². The van der Waals surface area contributed by atoms with Gasteiger partial charge < -0.3 is 9.75 Å². The molecule has 2 aromatic rings. The summed E-state index contributed by atoms with van der Waals surface area (Å²) < 4.78 is 8.93. The van der Waals surface area contributed by atoms with E-state index in [4.69, 9.17) is 16.3 Å². The van der Waals surface area contributed by atoms with Crippen LogP contribution in [0.2, 0.25) is 5.28 Å². The van der Waals surface area contributed by atoms with Gasteiger partial charge in [0.1, 0.15) is 5.52 Å². The molecular weight excluding hydrogens is 282 g/mol. The molecule has 4 rings (SSSR count). The van der Waals surface area contributed by atoms with Crippen molar-refractivity contribution in [3.05, 3.63) is 22.0 Å². The molecule has 2 aliphatic rings. The number of hydrogen-bond donors (Lipinski definition) is 0. The molecule has 2 aromatic heterocycles. The molecule has 7 nitrogen and oxygen atoms in total. The Balaban J connectivity index is 1.88. The SMILES string of the molecule is Cn1c(=O)n(N2CCOC3(CC3)C2)c2nc(Cl)ncc21. The van der Waals surface area contributed by atoms with Crippen LogP contribution in [-0.2, 0) is 11.8 Å². The van der Waals surface area contributed by atoms with Gasteiger partial charge in [0, 0.05) is 7.05 Å². The molecule has 106 valence electrons. The Morgan fingerprint density at radius 3 is 3.00 bits per heavy atom. The fraction of sp³-hybridized carbons (Fsp3) is 0.583. The number of morpholine rings is 1. The van der Waals surface area contributed by atoms with Gasteiger partial charge in [0.15, 0.2) is 5.65 Å². The van der Waals surface area contributed by atoms with Crippen LogP contribution >= 0.6 is 11.6 Å². The molecule has 2 fully saturated rings. The van der Waals surface area contributed by atoms with E-state index in [1.807, 2.05) is 5.01 Å². The smallest absolute Gasteiger partial charge is 0.349 e. The zero-order valence-electron chi connectivity index (χ0n) is 11.0. The van der Waals surface area contributed by atoms with Crippen molar-refractivity contribution < 1.29 is 4.74 Å². The largest absolute Gasteiger partial charge is 0.371 e. The zero-order valence-corrected chi connectivity index (χ0v) is 11.8. The minimum absolute atomic E-state index is 0.0588. The second-order valence-corrected chi connectivity index (χ2v) is 5.76. The van der Waals surface area contributed by atoms with Crippen molar-refractivity contribution in [2.45, 2.75) is 18.4 Å². The molecule has 1 saturated heterocycles. The maximum Gasteiger partial charge on any atom is 0.349 e. The normalized spacial score (nSPS) is 20.8. The van der Waals surface area contributed by atoms with Gasteiger partial charge >= 0.3 is 5.69 Å². The van der Waals surface area contributed by atoms with E-state index in [1.54, 1.807) is 22.5 Å². The summed E-state index contributed by atoms with van der Waals surface area (Å²) in [6.45, 7) is 2.01. The summed E-state index contributed by atoms with van der Waals surface area (Å²) in [5.41, 5.74) is 1.04. The third-order valence-corrected chi connectivity index (χ3v) is 4.25. The second-order valence-electron chi connectivity index (χ2n) is 5.42. The lowest BCUT2D eigenvalue weighted by atomic mass is 10.3. The summed E-state index contributed by atoms with van der Waals surface area (Å²) in [7, 11) is 1.71. The minimum Gasteiger partial charge on any atom is -0.371 e. The lowest BCUT2D eigenvalue weighted by Crippen LogP contribution is -2.53. The van der Waals surface area contributed by atoms with Crippen molar-refractivity contribution in [1.82, 2.24) is 19.2 Å². The van der Waals surface area contributed by atoms with Crippen molar-refractivity contribution in [2.24, 2.45) is 7.05 Å². The van der Waals surface area contributed by atoms with E-state index in [9.17, 15) is 4.79 Å². The van der Waals surface area contributed by atoms with Gasteiger partial charge in [-0.15, -0.1) is 0 Å². The molecule has 0 N–H and O–H groups in total. The molecular formula is C12H14ClN5O2. The highest BCUT2D eigenvalue weighted by Gasteiger charge is 2.48. The Morgan fingerprint density at radius 1 is 1.45 bits per heavy atom. The lowest BCUT2D eigenvalue weighted by molar-refractivity contribution is 0.0119. The molecule has 1 saturated carbocycles. The van der Waals surface area contributed by atoms with E-state index in [0.29, 0.717) is 30.9 Å². The van der Waals surface area contributed by atoms with Crippen molar-refractivity contribution in [1.29, 1.82) is 0 Å². The highest BCUT2D eigenvalue weighted by Crippen LogP contribution is 2.41. The fourth-order valence-corrected chi connectivity index (χ4v) is 2.90. The Labute approximate surface area is 119 Å². The molecule has 20 heavy (non-hydrogen) atoms. The van der Waals surface area contributed by atoms with Crippen LogP contribution in [0.1, 0.15) is 12.8 Å². The summed E-state index contributed by atoms with van der Waals surface area (Å²) in [6, 6.07) is 0. The average Bonchev–Trinajstić information content (AvgIpc) is 3.12. The van der Waals surface area contributed by atoms with E-state index in [0.717, 1.165) is 12.8 Å². The van der Waals surface area contributed by atoms with Crippen LogP contribution < -0.4 is 10.7 Å². The Bertz CT molecular complexity index is 748. The monoisotopic (exact) mass is 295 g/mol. The minimum atomic E-state index is -0.130. The highest BCUT2D eigenvalue weighted by molar-refractivity contribution is 6.28. The van der Waals surface area contributed by atoms with E-state index in [-0.39, 0.29) is 16.6 Å². The lowest BCUT2D eigenvalue weighted by Gasteiger charge is -2.34. The van der Waals surface area contributed by atoms with Gasteiger partial charge in [0.05, 0.1) is 31.5 Å². The molecule has 1 aliphatic heterocycles. The molecule has 0 radical (unpaired) electrons. The number of imidazole rings is 1. The molecule has 0 aromatic carbocycles. The third-order valence-electron chi connectivity index (χ3n) is 4.07. The number of fused-ring (bicyclic) bond motifs is 1. The summed E-state index contributed by atoms with van der Waals surface area (Å²) in [5, 5.41) is 2.15. The number of nitrogens with zero attached hydrogens (tertiary/aromatic N) is 5. The van der Waals surface area contributed by atoms with Gasteiger partial charge in [-0.3, -0.25) is 4.57 Å².